The van der Waals surface area contributed by atoms with Crippen LogP contribution in [0.4, 0.5) is 0 Å². The molecule has 3 heteroatoms. The van der Waals surface area contributed by atoms with Gasteiger partial charge in [0.15, 0.2) is 0 Å². The van der Waals surface area contributed by atoms with Crippen LogP contribution in [-0.4, -0.2) is 6.04 Å². The largest absolute Gasteiger partial charge is 0.295 e. The standard InChI is InChI=1S/C11H13ClN2/c1-8(7-13)14-9(2)10-5-3-4-6-11(10)12/h3-6,8-9,14H,1-2H3/t8?,9-/m0/s1. The van der Waals surface area contributed by atoms with Gasteiger partial charge in [-0.1, -0.05) is 29.8 Å². The monoisotopic (exact) mass is 208 g/mol. The zero-order chi connectivity index (χ0) is 10.6. The fourth-order valence-electron chi connectivity index (χ4n) is 1.33. The highest BCUT2D eigenvalue weighted by atomic mass is 35.5. The predicted molar refractivity (Wildman–Crippen MR) is 58.1 cm³/mol. The van der Waals surface area contributed by atoms with Crippen LogP contribution in [0.3, 0.4) is 0 Å². The Kier molecular flexibility index (Phi) is 3.94. The van der Waals surface area contributed by atoms with Crippen LogP contribution < -0.4 is 5.32 Å². The fourth-order valence-corrected chi connectivity index (χ4v) is 1.63. The van der Waals surface area contributed by atoms with Gasteiger partial charge in [0.1, 0.15) is 0 Å². The summed E-state index contributed by atoms with van der Waals surface area (Å²) in [5.74, 6) is 0. The van der Waals surface area contributed by atoms with E-state index in [0.29, 0.717) is 0 Å². The first-order valence-electron chi connectivity index (χ1n) is 4.55. The van der Waals surface area contributed by atoms with E-state index in [1.807, 2.05) is 38.1 Å². The van der Waals surface area contributed by atoms with E-state index in [9.17, 15) is 0 Å². The molecule has 0 spiro atoms. The highest BCUT2D eigenvalue weighted by molar-refractivity contribution is 6.31. The zero-order valence-electron chi connectivity index (χ0n) is 8.29. The molecule has 0 fully saturated rings. The van der Waals surface area contributed by atoms with Crippen molar-refractivity contribution >= 4 is 11.6 Å². The van der Waals surface area contributed by atoms with Gasteiger partial charge in [-0.15, -0.1) is 0 Å². The van der Waals surface area contributed by atoms with Gasteiger partial charge in [-0.3, -0.25) is 5.32 Å². The normalized spacial score (nSPS) is 14.4. The average Bonchev–Trinajstić information content (AvgIpc) is 2.18. The first-order valence-corrected chi connectivity index (χ1v) is 4.93. The smallest absolute Gasteiger partial charge is 0.0929 e. The molecular formula is C11H13ClN2. The summed E-state index contributed by atoms with van der Waals surface area (Å²) in [4.78, 5) is 0. The van der Waals surface area contributed by atoms with Gasteiger partial charge in [-0.25, -0.2) is 0 Å². The van der Waals surface area contributed by atoms with Gasteiger partial charge in [0, 0.05) is 11.1 Å². The minimum Gasteiger partial charge on any atom is -0.295 e. The van der Waals surface area contributed by atoms with Crippen LogP contribution in [0.15, 0.2) is 24.3 Å². The molecule has 14 heavy (non-hydrogen) atoms. The van der Waals surface area contributed by atoms with Gasteiger partial charge < -0.3 is 0 Å². The summed E-state index contributed by atoms with van der Waals surface area (Å²) in [5, 5.41) is 12.5. The molecule has 0 bridgehead atoms. The molecule has 74 valence electrons. The topological polar surface area (TPSA) is 35.8 Å². The lowest BCUT2D eigenvalue weighted by atomic mass is 10.1. The van der Waals surface area contributed by atoms with E-state index < -0.39 is 0 Å². The zero-order valence-corrected chi connectivity index (χ0v) is 9.05. The van der Waals surface area contributed by atoms with Gasteiger partial charge in [0.2, 0.25) is 0 Å². The van der Waals surface area contributed by atoms with E-state index in [0.717, 1.165) is 10.6 Å². The Morgan fingerprint density at radius 1 is 1.36 bits per heavy atom. The Morgan fingerprint density at radius 2 is 2.00 bits per heavy atom. The van der Waals surface area contributed by atoms with Crippen molar-refractivity contribution in [3.63, 3.8) is 0 Å². The molecule has 0 radical (unpaired) electrons. The van der Waals surface area contributed by atoms with E-state index in [4.69, 9.17) is 16.9 Å². The maximum atomic E-state index is 8.65. The van der Waals surface area contributed by atoms with Crippen LogP contribution in [0.5, 0.6) is 0 Å². The van der Waals surface area contributed by atoms with Crippen molar-refractivity contribution in [1.29, 1.82) is 5.26 Å². The van der Waals surface area contributed by atoms with Crippen LogP contribution in [0, 0.1) is 11.3 Å². The first kappa shape index (κ1) is 11.0. The molecule has 0 heterocycles. The van der Waals surface area contributed by atoms with E-state index >= 15 is 0 Å². The van der Waals surface area contributed by atoms with Crippen LogP contribution in [0.25, 0.3) is 0 Å². The van der Waals surface area contributed by atoms with Crippen molar-refractivity contribution in [2.45, 2.75) is 25.9 Å². The number of hydrogen-bond donors (Lipinski definition) is 1. The lowest BCUT2D eigenvalue weighted by Gasteiger charge is -2.16. The summed E-state index contributed by atoms with van der Waals surface area (Å²) in [6, 6.07) is 9.71. The SMILES string of the molecule is CC(C#N)N[C@@H](C)c1ccccc1Cl. The molecule has 0 amide bonds. The van der Waals surface area contributed by atoms with Gasteiger partial charge in [-0.05, 0) is 25.5 Å². The van der Waals surface area contributed by atoms with Crippen LogP contribution in [0.2, 0.25) is 5.02 Å². The fraction of sp³-hybridized carbons (Fsp3) is 0.364. The third kappa shape index (κ3) is 2.73. The maximum Gasteiger partial charge on any atom is 0.0929 e. The average molecular weight is 209 g/mol. The summed E-state index contributed by atoms with van der Waals surface area (Å²) in [7, 11) is 0. The number of halogens is 1. The van der Waals surface area contributed by atoms with Crippen LogP contribution >= 0.6 is 11.6 Å². The van der Waals surface area contributed by atoms with Crippen LogP contribution in [0.1, 0.15) is 25.5 Å². The predicted octanol–water partition coefficient (Wildman–Crippen LogP) is 2.90. The molecule has 0 saturated carbocycles. The minimum absolute atomic E-state index is 0.0957. The number of nitrogens with one attached hydrogen (secondary N) is 1. The number of hydrogen-bond acceptors (Lipinski definition) is 2. The Hall–Kier alpha value is -1.04. The highest BCUT2D eigenvalue weighted by Crippen LogP contribution is 2.22. The van der Waals surface area contributed by atoms with Gasteiger partial charge in [-0.2, -0.15) is 5.26 Å². The molecule has 1 N–H and O–H groups in total. The molecule has 2 nitrogen and oxygen atoms in total. The maximum absolute atomic E-state index is 8.65. The molecule has 0 saturated heterocycles. The number of rotatable bonds is 3. The van der Waals surface area contributed by atoms with Crippen molar-refractivity contribution < 1.29 is 0 Å². The quantitative estimate of drug-likeness (QED) is 0.829. The molecule has 0 aromatic heterocycles. The van der Waals surface area contributed by atoms with E-state index in [-0.39, 0.29) is 12.1 Å². The summed E-state index contributed by atoms with van der Waals surface area (Å²) in [6.07, 6.45) is 0. The number of benzene rings is 1. The second kappa shape index (κ2) is 4.99. The molecule has 1 aromatic rings. The number of nitriles is 1. The van der Waals surface area contributed by atoms with E-state index in [1.54, 1.807) is 0 Å². The molecule has 0 aliphatic rings. The number of nitrogens with zero attached hydrogens (tertiary/aromatic N) is 1. The van der Waals surface area contributed by atoms with E-state index in [2.05, 4.69) is 11.4 Å². The van der Waals surface area contributed by atoms with Crippen molar-refractivity contribution in [2.75, 3.05) is 0 Å². The summed E-state index contributed by atoms with van der Waals surface area (Å²) in [5.41, 5.74) is 1.02. The Labute approximate surface area is 89.5 Å². The molecule has 1 rings (SSSR count). The summed E-state index contributed by atoms with van der Waals surface area (Å²) in [6.45, 7) is 3.82. The third-order valence-electron chi connectivity index (χ3n) is 2.07. The Balaban J connectivity index is 2.75. The molecule has 0 aliphatic carbocycles. The second-order valence-electron chi connectivity index (χ2n) is 3.26. The van der Waals surface area contributed by atoms with E-state index in [1.165, 1.54) is 0 Å². The van der Waals surface area contributed by atoms with Crippen molar-refractivity contribution in [2.24, 2.45) is 0 Å². The molecule has 0 aliphatic heterocycles. The van der Waals surface area contributed by atoms with Crippen molar-refractivity contribution in [3.05, 3.63) is 34.9 Å². The minimum atomic E-state index is -0.165. The summed E-state index contributed by atoms with van der Waals surface area (Å²) >= 11 is 6.02. The Bertz CT molecular complexity index is 343. The first-order chi connectivity index (χ1) is 6.65. The summed E-state index contributed by atoms with van der Waals surface area (Å²) < 4.78 is 0. The molecule has 1 unspecified atom stereocenters. The highest BCUT2D eigenvalue weighted by Gasteiger charge is 2.10. The van der Waals surface area contributed by atoms with Crippen LogP contribution in [-0.2, 0) is 0 Å². The third-order valence-corrected chi connectivity index (χ3v) is 2.41. The lowest BCUT2D eigenvalue weighted by Crippen LogP contribution is -2.27. The molecule has 2 atom stereocenters. The van der Waals surface area contributed by atoms with Gasteiger partial charge >= 0.3 is 0 Å². The van der Waals surface area contributed by atoms with Gasteiger partial charge in [0.05, 0.1) is 12.1 Å². The second-order valence-corrected chi connectivity index (χ2v) is 3.67. The van der Waals surface area contributed by atoms with Crippen molar-refractivity contribution in [3.8, 4) is 6.07 Å². The molecule has 1 aromatic carbocycles. The van der Waals surface area contributed by atoms with Gasteiger partial charge in [0.25, 0.3) is 0 Å². The molecular weight excluding hydrogens is 196 g/mol. The lowest BCUT2D eigenvalue weighted by molar-refractivity contribution is 0.543. The Morgan fingerprint density at radius 3 is 2.57 bits per heavy atom. The van der Waals surface area contributed by atoms with Crippen molar-refractivity contribution in [1.82, 2.24) is 5.32 Å².